The third-order valence-electron chi connectivity index (χ3n) is 4.97. The van der Waals surface area contributed by atoms with Crippen LogP contribution in [-0.2, 0) is 13.1 Å². The van der Waals surface area contributed by atoms with Gasteiger partial charge in [-0.1, -0.05) is 72.8 Å². The number of rotatable bonds is 7. The summed E-state index contributed by atoms with van der Waals surface area (Å²) in [6, 6.07) is 29.5. The smallest absolute Gasteiger partial charge is 0.169 e. The third-order valence-corrected chi connectivity index (χ3v) is 4.97. The Morgan fingerprint density at radius 2 is 0.833 bits per heavy atom. The fourth-order valence-corrected chi connectivity index (χ4v) is 3.29. The summed E-state index contributed by atoms with van der Waals surface area (Å²) < 4.78 is 4.36. The van der Waals surface area contributed by atoms with Crippen LogP contribution < -0.4 is 9.13 Å². The van der Waals surface area contributed by atoms with Gasteiger partial charge in [0.25, 0.3) is 0 Å². The first-order valence-electron chi connectivity index (χ1n) is 10.3. The highest BCUT2D eigenvalue weighted by Gasteiger charge is 2.04. The molecule has 0 bridgehead atoms. The molecule has 4 aromatic rings. The van der Waals surface area contributed by atoms with Gasteiger partial charge in [0.1, 0.15) is 0 Å². The molecule has 0 unspecified atom stereocenters. The average Bonchev–Trinajstić information content (AvgIpc) is 2.82. The Hall–Kier alpha value is -3.78. The van der Waals surface area contributed by atoms with Crippen molar-refractivity contribution in [1.82, 2.24) is 0 Å². The molecule has 0 radical (unpaired) electrons. The fraction of sp³-hybridized carbons (Fsp3) is 0.0714. The number of allylic oxidation sites excluding steroid dienone is 2. The predicted octanol–water partition coefficient (Wildman–Crippen LogP) is 5.36. The van der Waals surface area contributed by atoms with Crippen LogP contribution in [0.3, 0.4) is 0 Å². The summed E-state index contributed by atoms with van der Waals surface area (Å²) in [5, 5.41) is 0. The largest absolute Gasteiger partial charge is 0.201 e. The molecular weight excluding hydrogens is 364 g/mol. The average molecular weight is 391 g/mol. The van der Waals surface area contributed by atoms with E-state index in [0.29, 0.717) is 0 Å². The maximum absolute atomic E-state index is 2.18. The molecule has 4 rings (SSSR count). The van der Waals surface area contributed by atoms with Crippen LogP contribution in [0.4, 0.5) is 0 Å². The van der Waals surface area contributed by atoms with Gasteiger partial charge < -0.3 is 0 Å². The van der Waals surface area contributed by atoms with Crippen LogP contribution in [0.2, 0.25) is 0 Å². The second kappa shape index (κ2) is 10.1. The lowest BCUT2D eigenvalue weighted by Crippen LogP contribution is -2.31. The van der Waals surface area contributed by atoms with E-state index in [1.54, 1.807) is 0 Å². The Bertz CT molecular complexity index is 1000. The van der Waals surface area contributed by atoms with Gasteiger partial charge in [-0.25, -0.2) is 9.13 Å². The van der Waals surface area contributed by atoms with E-state index < -0.39 is 0 Å². The van der Waals surface area contributed by atoms with Crippen LogP contribution in [0, 0.1) is 0 Å². The lowest BCUT2D eigenvalue weighted by Gasteiger charge is -2.00. The lowest BCUT2D eigenvalue weighted by atomic mass is 10.1. The van der Waals surface area contributed by atoms with E-state index in [4.69, 9.17) is 0 Å². The Labute approximate surface area is 178 Å². The van der Waals surface area contributed by atoms with Crippen LogP contribution in [0.25, 0.3) is 23.3 Å². The minimum Gasteiger partial charge on any atom is -0.201 e. The summed E-state index contributed by atoms with van der Waals surface area (Å²) in [7, 11) is 0. The molecule has 0 spiro atoms. The SMILES string of the molecule is C(=Cc1ccccc1)C[n+]1ccc(-c2cc[n+](CC=Cc3ccccc3)cc2)cc1. The molecule has 0 aliphatic carbocycles. The van der Waals surface area contributed by atoms with E-state index in [2.05, 4.69) is 131 Å². The second-order valence-electron chi connectivity index (χ2n) is 7.19. The molecule has 0 fully saturated rings. The number of pyridine rings is 2. The molecule has 0 atom stereocenters. The minimum atomic E-state index is 0.859. The Kier molecular flexibility index (Phi) is 6.59. The van der Waals surface area contributed by atoms with Crippen LogP contribution in [0.15, 0.2) is 122 Å². The van der Waals surface area contributed by atoms with Crippen molar-refractivity contribution in [2.45, 2.75) is 13.1 Å². The van der Waals surface area contributed by atoms with Crippen molar-refractivity contribution < 1.29 is 9.13 Å². The second-order valence-corrected chi connectivity index (χ2v) is 7.19. The Balaban J connectivity index is 1.33. The molecule has 0 saturated heterocycles. The zero-order valence-electron chi connectivity index (χ0n) is 17.0. The summed E-state index contributed by atoms with van der Waals surface area (Å²) in [4.78, 5) is 0. The van der Waals surface area contributed by atoms with Crippen molar-refractivity contribution in [3.8, 4) is 11.1 Å². The van der Waals surface area contributed by atoms with E-state index in [-0.39, 0.29) is 0 Å². The van der Waals surface area contributed by atoms with Crippen LogP contribution >= 0.6 is 0 Å². The van der Waals surface area contributed by atoms with Crippen molar-refractivity contribution in [2.75, 3.05) is 0 Å². The van der Waals surface area contributed by atoms with Crippen molar-refractivity contribution in [3.05, 3.63) is 133 Å². The van der Waals surface area contributed by atoms with Crippen molar-refractivity contribution in [1.29, 1.82) is 0 Å². The van der Waals surface area contributed by atoms with Crippen molar-refractivity contribution in [3.63, 3.8) is 0 Å². The van der Waals surface area contributed by atoms with Crippen LogP contribution in [0.5, 0.6) is 0 Å². The van der Waals surface area contributed by atoms with Gasteiger partial charge >= 0.3 is 0 Å². The van der Waals surface area contributed by atoms with E-state index in [9.17, 15) is 0 Å². The number of hydrogen-bond donors (Lipinski definition) is 0. The van der Waals surface area contributed by atoms with Gasteiger partial charge in [0, 0.05) is 24.3 Å². The molecule has 0 saturated carbocycles. The van der Waals surface area contributed by atoms with Crippen molar-refractivity contribution >= 4 is 12.2 Å². The molecular formula is C28H26N2+2. The first-order valence-corrected chi connectivity index (χ1v) is 10.3. The number of aromatic nitrogens is 2. The van der Waals surface area contributed by atoms with Crippen LogP contribution in [0.1, 0.15) is 11.1 Å². The molecule has 0 aliphatic rings. The van der Waals surface area contributed by atoms with Gasteiger partial charge in [-0.2, -0.15) is 0 Å². The minimum absolute atomic E-state index is 0.859. The quantitative estimate of drug-likeness (QED) is 0.376. The number of benzene rings is 2. The lowest BCUT2D eigenvalue weighted by molar-refractivity contribution is -0.687. The zero-order chi connectivity index (χ0) is 20.4. The Morgan fingerprint density at radius 1 is 0.467 bits per heavy atom. The molecule has 0 amide bonds. The maximum atomic E-state index is 2.18. The topological polar surface area (TPSA) is 7.76 Å². The van der Waals surface area contributed by atoms with Gasteiger partial charge in [-0.3, -0.25) is 0 Å². The molecule has 146 valence electrons. The van der Waals surface area contributed by atoms with Gasteiger partial charge in [-0.05, 0) is 34.4 Å². The monoisotopic (exact) mass is 390 g/mol. The van der Waals surface area contributed by atoms with Crippen LogP contribution in [-0.4, -0.2) is 0 Å². The normalized spacial score (nSPS) is 11.3. The van der Waals surface area contributed by atoms with E-state index in [1.807, 2.05) is 12.1 Å². The Morgan fingerprint density at radius 3 is 1.20 bits per heavy atom. The molecule has 2 heteroatoms. The number of nitrogens with zero attached hydrogens (tertiary/aromatic N) is 2. The highest BCUT2D eigenvalue weighted by molar-refractivity contribution is 5.61. The first kappa shape index (κ1) is 19.5. The van der Waals surface area contributed by atoms with Gasteiger partial charge in [0.05, 0.1) is 0 Å². The molecule has 0 aliphatic heterocycles. The zero-order valence-corrected chi connectivity index (χ0v) is 17.0. The summed E-state index contributed by atoms with van der Waals surface area (Å²) in [6.45, 7) is 1.72. The van der Waals surface area contributed by atoms with E-state index in [1.165, 1.54) is 22.3 Å². The molecule has 2 aromatic heterocycles. The molecule has 30 heavy (non-hydrogen) atoms. The maximum Gasteiger partial charge on any atom is 0.169 e. The van der Waals surface area contributed by atoms with E-state index in [0.717, 1.165) is 13.1 Å². The molecule has 2 nitrogen and oxygen atoms in total. The van der Waals surface area contributed by atoms with Gasteiger partial charge in [0.15, 0.2) is 37.9 Å². The highest BCUT2D eigenvalue weighted by Crippen LogP contribution is 2.15. The van der Waals surface area contributed by atoms with Crippen molar-refractivity contribution in [2.24, 2.45) is 0 Å². The summed E-state index contributed by atoms with van der Waals surface area (Å²) >= 11 is 0. The van der Waals surface area contributed by atoms with Gasteiger partial charge in [-0.15, -0.1) is 0 Å². The summed E-state index contributed by atoms with van der Waals surface area (Å²) in [5.41, 5.74) is 4.91. The number of hydrogen-bond acceptors (Lipinski definition) is 0. The fourth-order valence-electron chi connectivity index (χ4n) is 3.29. The third kappa shape index (κ3) is 5.62. The molecule has 2 heterocycles. The first-order chi connectivity index (χ1) is 14.9. The van der Waals surface area contributed by atoms with Gasteiger partial charge in [0.2, 0.25) is 0 Å². The predicted molar refractivity (Wildman–Crippen MR) is 123 cm³/mol. The van der Waals surface area contributed by atoms with E-state index >= 15 is 0 Å². The highest BCUT2D eigenvalue weighted by atomic mass is 14.9. The standard InChI is InChI=1S/C28H26N2/c1-3-9-25(10-4-1)13-7-19-29-21-15-27(16-22-29)28-17-23-30(24-18-28)20-8-14-26-11-5-2-6-12-26/h1-18,21-24H,19-20H2/q+2. The summed E-state index contributed by atoms with van der Waals surface area (Å²) in [6.07, 6.45) is 17.2. The molecule has 2 aromatic carbocycles. The molecule has 0 N–H and O–H groups in total. The summed E-state index contributed by atoms with van der Waals surface area (Å²) in [5.74, 6) is 0.